The summed E-state index contributed by atoms with van der Waals surface area (Å²) in [5, 5.41) is 18.6. The molecule has 4 nitrogen and oxygen atoms in total. The molecule has 0 bridgehead atoms. The van der Waals surface area contributed by atoms with Crippen molar-refractivity contribution in [1.29, 1.82) is 0 Å². The van der Waals surface area contributed by atoms with Gasteiger partial charge in [0.05, 0.1) is 5.69 Å². The minimum atomic E-state index is 0.300. The molecule has 0 aliphatic heterocycles. The van der Waals surface area contributed by atoms with Gasteiger partial charge in [0.1, 0.15) is 5.75 Å². The number of phenolic OH excluding ortho intramolecular Hbond substituents is 1. The van der Waals surface area contributed by atoms with Crippen LogP contribution in [-0.2, 0) is 13.0 Å². The molecule has 0 unspecified atom stereocenters. The molecule has 2 rings (SSSR count). The van der Waals surface area contributed by atoms with Crippen molar-refractivity contribution in [2.24, 2.45) is 0 Å². The molecule has 0 aliphatic rings. The fourth-order valence-electron chi connectivity index (χ4n) is 2.25. The first-order valence-electron chi connectivity index (χ1n) is 7.69. The summed E-state index contributed by atoms with van der Waals surface area (Å²) in [7, 11) is 0. The lowest BCUT2D eigenvalue weighted by atomic mass is 10.2. The van der Waals surface area contributed by atoms with Crippen LogP contribution in [0.2, 0.25) is 0 Å². The maximum atomic E-state index is 9.98. The minimum Gasteiger partial charge on any atom is -0.508 e. The van der Waals surface area contributed by atoms with Crippen molar-refractivity contribution in [3.63, 3.8) is 0 Å². The highest BCUT2D eigenvalue weighted by molar-refractivity contribution is 9.10. The van der Waals surface area contributed by atoms with Gasteiger partial charge in [-0.05, 0) is 50.1 Å². The molecule has 0 atom stereocenters. The van der Waals surface area contributed by atoms with E-state index in [0.717, 1.165) is 47.4 Å². The van der Waals surface area contributed by atoms with Crippen LogP contribution in [0.15, 0.2) is 34.8 Å². The van der Waals surface area contributed by atoms with E-state index in [4.69, 9.17) is 0 Å². The Morgan fingerprint density at radius 1 is 1.14 bits per heavy atom. The number of nitrogens with zero attached hydrogens (tertiary/aromatic N) is 3. The number of halogens is 1. The van der Waals surface area contributed by atoms with Gasteiger partial charge in [0.2, 0.25) is 0 Å². The van der Waals surface area contributed by atoms with Crippen LogP contribution in [-0.4, -0.2) is 21.8 Å². The number of rotatable bonds is 7. The Balaban J connectivity index is 2.12. The number of aryl methyl sites for hydroxylation is 1. The van der Waals surface area contributed by atoms with Gasteiger partial charge in [0, 0.05) is 23.1 Å². The number of unbranched alkanes of at least 4 members (excludes halogenated alkanes) is 1. The van der Waals surface area contributed by atoms with E-state index in [2.05, 4.69) is 44.9 Å². The lowest BCUT2D eigenvalue weighted by Gasteiger charge is -2.22. The monoisotopic (exact) mass is 363 g/mol. The van der Waals surface area contributed by atoms with Gasteiger partial charge >= 0.3 is 0 Å². The fraction of sp³-hybridized carbons (Fsp3) is 0.412. The molecule has 0 amide bonds. The Labute approximate surface area is 140 Å². The van der Waals surface area contributed by atoms with Crippen LogP contribution in [0.25, 0.3) is 0 Å². The van der Waals surface area contributed by atoms with Crippen molar-refractivity contribution in [1.82, 2.24) is 10.2 Å². The van der Waals surface area contributed by atoms with Gasteiger partial charge in [-0.3, -0.25) is 0 Å². The van der Waals surface area contributed by atoms with Gasteiger partial charge in [0.25, 0.3) is 0 Å². The molecule has 2 aromatic rings. The quantitative estimate of drug-likeness (QED) is 0.795. The average molecular weight is 364 g/mol. The Bertz CT molecular complexity index is 601. The van der Waals surface area contributed by atoms with E-state index in [-0.39, 0.29) is 0 Å². The molecular weight excluding hydrogens is 342 g/mol. The summed E-state index contributed by atoms with van der Waals surface area (Å²) in [4.78, 5) is 2.10. The van der Waals surface area contributed by atoms with Crippen molar-refractivity contribution in [2.75, 3.05) is 11.4 Å². The number of anilines is 1. The maximum absolute atomic E-state index is 9.98. The number of hydrogen-bond acceptors (Lipinski definition) is 4. The average Bonchev–Trinajstić information content (AvgIpc) is 2.54. The predicted octanol–water partition coefficient (Wildman–Crippen LogP) is 4.31. The molecule has 1 aromatic heterocycles. The van der Waals surface area contributed by atoms with E-state index in [9.17, 15) is 5.11 Å². The van der Waals surface area contributed by atoms with Crippen molar-refractivity contribution in [3.8, 4) is 5.75 Å². The number of benzene rings is 1. The number of aromatic nitrogens is 2. The SMILES string of the molecule is CCCCc1ccc(N(CC)Cc2cc(Br)ccc2O)nn1. The molecule has 0 fully saturated rings. The van der Waals surface area contributed by atoms with E-state index in [0.29, 0.717) is 12.3 Å². The third kappa shape index (κ3) is 4.44. The van der Waals surface area contributed by atoms with Gasteiger partial charge in [-0.15, -0.1) is 5.10 Å². The standard InChI is InChI=1S/C17H22BrN3O/c1-3-5-6-15-8-10-17(20-19-15)21(4-2)12-13-11-14(18)7-9-16(13)22/h7-11,22H,3-6,12H2,1-2H3. The van der Waals surface area contributed by atoms with Gasteiger partial charge < -0.3 is 10.0 Å². The van der Waals surface area contributed by atoms with Gasteiger partial charge in [-0.2, -0.15) is 5.10 Å². The Kier molecular flexibility index (Phi) is 6.19. The summed E-state index contributed by atoms with van der Waals surface area (Å²) >= 11 is 3.44. The highest BCUT2D eigenvalue weighted by Gasteiger charge is 2.11. The summed E-state index contributed by atoms with van der Waals surface area (Å²) in [5.74, 6) is 1.14. The summed E-state index contributed by atoms with van der Waals surface area (Å²) in [6.07, 6.45) is 3.27. The molecule has 5 heteroatoms. The molecule has 1 aromatic carbocycles. The summed E-state index contributed by atoms with van der Waals surface area (Å²) in [6, 6.07) is 9.52. The summed E-state index contributed by atoms with van der Waals surface area (Å²) < 4.78 is 0.956. The van der Waals surface area contributed by atoms with E-state index < -0.39 is 0 Å². The zero-order valence-electron chi connectivity index (χ0n) is 13.1. The zero-order valence-corrected chi connectivity index (χ0v) is 14.7. The largest absolute Gasteiger partial charge is 0.508 e. The van der Waals surface area contributed by atoms with E-state index in [1.54, 1.807) is 6.07 Å². The van der Waals surface area contributed by atoms with Crippen molar-refractivity contribution in [3.05, 3.63) is 46.1 Å². The Hall–Kier alpha value is -1.62. The van der Waals surface area contributed by atoms with Crippen LogP contribution >= 0.6 is 15.9 Å². The van der Waals surface area contributed by atoms with Gasteiger partial charge in [0.15, 0.2) is 5.82 Å². The normalized spacial score (nSPS) is 10.7. The van der Waals surface area contributed by atoms with Crippen molar-refractivity contribution < 1.29 is 5.11 Å². The molecule has 1 N–H and O–H groups in total. The molecule has 0 radical (unpaired) electrons. The van der Waals surface area contributed by atoms with E-state index in [1.165, 1.54) is 0 Å². The van der Waals surface area contributed by atoms with Crippen LogP contribution in [0.4, 0.5) is 5.82 Å². The highest BCUT2D eigenvalue weighted by Crippen LogP contribution is 2.24. The lowest BCUT2D eigenvalue weighted by molar-refractivity contribution is 0.467. The molecule has 0 saturated carbocycles. The first kappa shape index (κ1) is 16.7. The summed E-state index contributed by atoms with van der Waals surface area (Å²) in [6.45, 7) is 5.65. The molecule has 1 heterocycles. The first-order valence-corrected chi connectivity index (χ1v) is 8.48. The van der Waals surface area contributed by atoms with Crippen LogP contribution in [0.3, 0.4) is 0 Å². The van der Waals surface area contributed by atoms with Crippen molar-refractivity contribution >= 4 is 21.7 Å². The smallest absolute Gasteiger partial charge is 0.151 e. The first-order chi connectivity index (χ1) is 10.6. The third-order valence-electron chi connectivity index (χ3n) is 3.60. The number of phenols is 1. The fourth-order valence-corrected chi connectivity index (χ4v) is 2.66. The molecular formula is C17H22BrN3O. The lowest BCUT2D eigenvalue weighted by Crippen LogP contribution is -2.23. The maximum Gasteiger partial charge on any atom is 0.151 e. The highest BCUT2D eigenvalue weighted by atomic mass is 79.9. The topological polar surface area (TPSA) is 49.2 Å². The molecule has 118 valence electrons. The van der Waals surface area contributed by atoms with E-state index in [1.807, 2.05) is 24.3 Å². The van der Waals surface area contributed by atoms with Gasteiger partial charge in [-0.1, -0.05) is 29.3 Å². The molecule has 0 spiro atoms. The second kappa shape index (κ2) is 8.13. The predicted molar refractivity (Wildman–Crippen MR) is 93.2 cm³/mol. The van der Waals surface area contributed by atoms with E-state index >= 15 is 0 Å². The summed E-state index contributed by atoms with van der Waals surface area (Å²) in [5.41, 5.74) is 1.90. The second-order valence-electron chi connectivity index (χ2n) is 5.27. The zero-order chi connectivity index (χ0) is 15.9. The minimum absolute atomic E-state index is 0.300. The molecule has 0 aliphatic carbocycles. The van der Waals surface area contributed by atoms with Crippen LogP contribution < -0.4 is 4.90 Å². The number of hydrogen-bond donors (Lipinski definition) is 1. The third-order valence-corrected chi connectivity index (χ3v) is 4.09. The molecule has 0 saturated heterocycles. The van der Waals surface area contributed by atoms with Crippen LogP contribution in [0.1, 0.15) is 37.9 Å². The molecule has 22 heavy (non-hydrogen) atoms. The Morgan fingerprint density at radius 2 is 1.95 bits per heavy atom. The number of aromatic hydroxyl groups is 1. The second-order valence-corrected chi connectivity index (χ2v) is 6.19. The van der Waals surface area contributed by atoms with Crippen molar-refractivity contribution in [2.45, 2.75) is 39.7 Å². The Morgan fingerprint density at radius 3 is 2.59 bits per heavy atom. The van der Waals surface area contributed by atoms with Crippen LogP contribution in [0.5, 0.6) is 5.75 Å². The van der Waals surface area contributed by atoms with Crippen LogP contribution in [0, 0.1) is 0 Å². The van der Waals surface area contributed by atoms with Gasteiger partial charge in [-0.25, -0.2) is 0 Å².